The van der Waals surface area contributed by atoms with Crippen molar-refractivity contribution < 1.29 is 19.0 Å². The molecule has 6 heteroatoms. The van der Waals surface area contributed by atoms with E-state index >= 15 is 0 Å². The Bertz CT molecular complexity index is 1200. The Hall–Kier alpha value is -3.38. The molecule has 1 saturated heterocycles. The summed E-state index contributed by atoms with van der Waals surface area (Å²) in [6, 6.07) is 19.6. The van der Waals surface area contributed by atoms with Crippen LogP contribution in [0.4, 0.5) is 4.39 Å². The van der Waals surface area contributed by atoms with Crippen molar-refractivity contribution in [2.75, 3.05) is 26.7 Å². The van der Waals surface area contributed by atoms with Gasteiger partial charge in [-0.2, -0.15) is 0 Å². The van der Waals surface area contributed by atoms with Gasteiger partial charge in [0.1, 0.15) is 17.3 Å². The second-order valence-electron chi connectivity index (χ2n) is 9.97. The molecule has 3 aromatic carbocycles. The molecule has 0 radical (unpaired) electrons. The highest BCUT2D eigenvalue weighted by Crippen LogP contribution is 2.37. The Balaban J connectivity index is 1.59. The molecule has 0 aliphatic carbocycles. The molecule has 0 saturated carbocycles. The van der Waals surface area contributed by atoms with E-state index in [0.717, 1.165) is 18.7 Å². The van der Waals surface area contributed by atoms with E-state index in [1.165, 1.54) is 23.3 Å². The highest BCUT2D eigenvalue weighted by Gasteiger charge is 2.37. The molecular formula is C30H35FN2O3. The van der Waals surface area contributed by atoms with E-state index in [0.29, 0.717) is 24.4 Å². The molecule has 0 aromatic heterocycles. The number of phenolic OH excluding ortho intramolecular Hbond substituents is 1. The normalized spacial score (nSPS) is 17.9. The first-order valence-electron chi connectivity index (χ1n) is 12.5. The average Bonchev–Trinajstić information content (AvgIpc) is 3.26. The first-order chi connectivity index (χ1) is 17.3. The molecular weight excluding hydrogens is 455 g/mol. The summed E-state index contributed by atoms with van der Waals surface area (Å²) in [6.07, 6.45) is 0. The van der Waals surface area contributed by atoms with E-state index in [4.69, 9.17) is 4.74 Å². The average molecular weight is 491 g/mol. The van der Waals surface area contributed by atoms with Gasteiger partial charge in [0.2, 0.25) is 0 Å². The highest BCUT2D eigenvalue weighted by molar-refractivity contribution is 5.94. The van der Waals surface area contributed by atoms with Gasteiger partial charge in [-0.3, -0.25) is 9.69 Å². The zero-order valence-electron chi connectivity index (χ0n) is 21.4. The molecule has 1 heterocycles. The van der Waals surface area contributed by atoms with Crippen LogP contribution < -0.4 is 4.74 Å². The lowest BCUT2D eigenvalue weighted by Crippen LogP contribution is -2.42. The second kappa shape index (κ2) is 11.1. The van der Waals surface area contributed by atoms with E-state index in [1.807, 2.05) is 30.9 Å². The van der Waals surface area contributed by atoms with Gasteiger partial charge in [-0.15, -0.1) is 0 Å². The quantitative estimate of drug-likeness (QED) is 0.446. The third-order valence-electron chi connectivity index (χ3n) is 7.20. The van der Waals surface area contributed by atoms with Crippen LogP contribution in [0.5, 0.6) is 11.5 Å². The van der Waals surface area contributed by atoms with Crippen molar-refractivity contribution in [3.63, 3.8) is 0 Å². The summed E-state index contributed by atoms with van der Waals surface area (Å²) in [5, 5.41) is 10.5. The summed E-state index contributed by atoms with van der Waals surface area (Å²) in [5.74, 6) is 0.864. The molecule has 4 rings (SSSR count). The number of hydrogen-bond acceptors (Lipinski definition) is 4. The van der Waals surface area contributed by atoms with Crippen LogP contribution in [0.1, 0.15) is 46.8 Å². The standard InChI is InChI=1S/C30H35FN2O3/c1-20(2)33(30(35)22-9-12-25(31)13-10-22)18-24-17-32(16-23-11-14-26(36-4)15-29(23)34)19-28(24)27-8-6-5-7-21(27)3/h5-15,20,24,28,34H,16-19H2,1-4H3/t24-,28+/m1/s1. The van der Waals surface area contributed by atoms with Crippen molar-refractivity contribution in [1.29, 1.82) is 0 Å². The Labute approximate surface area is 213 Å². The number of carbonyl (C=O) groups excluding carboxylic acids is 1. The van der Waals surface area contributed by atoms with Gasteiger partial charge in [0.05, 0.1) is 7.11 Å². The van der Waals surface area contributed by atoms with Gasteiger partial charge in [-0.1, -0.05) is 30.3 Å². The van der Waals surface area contributed by atoms with Gasteiger partial charge in [0.25, 0.3) is 5.91 Å². The van der Waals surface area contributed by atoms with Crippen LogP contribution in [-0.4, -0.2) is 53.6 Å². The lowest BCUT2D eigenvalue weighted by Gasteiger charge is -2.32. The van der Waals surface area contributed by atoms with Gasteiger partial charge >= 0.3 is 0 Å². The van der Waals surface area contributed by atoms with Gasteiger partial charge in [0.15, 0.2) is 0 Å². The predicted molar refractivity (Wildman–Crippen MR) is 140 cm³/mol. The monoisotopic (exact) mass is 490 g/mol. The van der Waals surface area contributed by atoms with Gasteiger partial charge in [-0.05, 0) is 68.1 Å². The predicted octanol–water partition coefficient (Wildman–Crippen LogP) is 5.61. The van der Waals surface area contributed by atoms with Crippen LogP contribution in [0.25, 0.3) is 0 Å². The lowest BCUT2D eigenvalue weighted by molar-refractivity contribution is 0.0668. The molecule has 5 nitrogen and oxygen atoms in total. The first kappa shape index (κ1) is 25.7. The molecule has 0 spiro atoms. The molecule has 1 fully saturated rings. The van der Waals surface area contributed by atoms with E-state index in [-0.39, 0.29) is 35.4 Å². The number of phenols is 1. The Morgan fingerprint density at radius 2 is 1.83 bits per heavy atom. The van der Waals surface area contributed by atoms with E-state index in [2.05, 4.69) is 36.1 Å². The number of aromatic hydroxyl groups is 1. The molecule has 0 unspecified atom stereocenters. The maximum atomic E-state index is 13.5. The smallest absolute Gasteiger partial charge is 0.254 e. The molecule has 1 N–H and O–H groups in total. The fourth-order valence-electron chi connectivity index (χ4n) is 5.21. The van der Waals surface area contributed by atoms with Crippen molar-refractivity contribution in [3.05, 3.63) is 94.8 Å². The van der Waals surface area contributed by atoms with Crippen molar-refractivity contribution in [3.8, 4) is 11.5 Å². The fraction of sp³-hybridized carbons (Fsp3) is 0.367. The number of rotatable bonds is 8. The third-order valence-corrected chi connectivity index (χ3v) is 7.20. The summed E-state index contributed by atoms with van der Waals surface area (Å²) < 4.78 is 18.7. The summed E-state index contributed by atoms with van der Waals surface area (Å²) in [7, 11) is 1.58. The number of hydrogen-bond donors (Lipinski definition) is 1. The molecule has 3 aromatic rings. The van der Waals surface area contributed by atoms with Crippen LogP contribution >= 0.6 is 0 Å². The number of benzene rings is 3. The second-order valence-corrected chi connectivity index (χ2v) is 9.97. The molecule has 190 valence electrons. The summed E-state index contributed by atoms with van der Waals surface area (Å²) in [6.45, 7) is 9.01. The number of halogens is 1. The molecule has 0 bridgehead atoms. The molecule has 1 amide bonds. The zero-order valence-corrected chi connectivity index (χ0v) is 21.4. The Morgan fingerprint density at radius 1 is 1.11 bits per heavy atom. The van der Waals surface area contributed by atoms with Crippen LogP contribution in [0.3, 0.4) is 0 Å². The Kier molecular flexibility index (Phi) is 7.94. The van der Waals surface area contributed by atoms with Crippen molar-refractivity contribution >= 4 is 5.91 Å². The van der Waals surface area contributed by atoms with Crippen molar-refractivity contribution in [2.24, 2.45) is 5.92 Å². The highest BCUT2D eigenvalue weighted by atomic mass is 19.1. The number of methoxy groups -OCH3 is 1. The number of ether oxygens (including phenoxy) is 1. The van der Waals surface area contributed by atoms with Gasteiger partial charge < -0.3 is 14.7 Å². The third kappa shape index (κ3) is 5.71. The SMILES string of the molecule is COc1ccc(CN2C[C@H](CN(C(=O)c3ccc(F)cc3)C(C)C)[C@@H](c3ccccc3C)C2)c(O)c1. The minimum Gasteiger partial charge on any atom is -0.507 e. The molecule has 1 aliphatic heterocycles. The van der Waals surface area contributed by atoms with Crippen molar-refractivity contribution in [1.82, 2.24) is 9.80 Å². The van der Waals surface area contributed by atoms with E-state index in [9.17, 15) is 14.3 Å². The van der Waals surface area contributed by atoms with Gasteiger partial charge in [-0.25, -0.2) is 4.39 Å². The summed E-state index contributed by atoms with van der Waals surface area (Å²) in [4.78, 5) is 17.7. The minimum absolute atomic E-state index is 0.000226. The zero-order chi connectivity index (χ0) is 25.8. The maximum Gasteiger partial charge on any atom is 0.254 e. The number of aryl methyl sites for hydroxylation is 1. The van der Waals surface area contributed by atoms with Crippen LogP contribution in [-0.2, 0) is 6.54 Å². The van der Waals surface area contributed by atoms with Crippen LogP contribution in [0.15, 0.2) is 66.7 Å². The van der Waals surface area contributed by atoms with Crippen LogP contribution in [0.2, 0.25) is 0 Å². The first-order valence-corrected chi connectivity index (χ1v) is 12.5. The molecule has 36 heavy (non-hydrogen) atoms. The van der Waals surface area contributed by atoms with Gasteiger partial charge in [0, 0.05) is 55.3 Å². The fourth-order valence-corrected chi connectivity index (χ4v) is 5.21. The molecule has 2 atom stereocenters. The topological polar surface area (TPSA) is 53.0 Å². The number of nitrogens with zero attached hydrogens (tertiary/aromatic N) is 2. The van der Waals surface area contributed by atoms with E-state index in [1.54, 1.807) is 25.3 Å². The number of carbonyl (C=O) groups is 1. The Morgan fingerprint density at radius 3 is 2.47 bits per heavy atom. The minimum atomic E-state index is -0.351. The molecule has 1 aliphatic rings. The maximum absolute atomic E-state index is 13.5. The van der Waals surface area contributed by atoms with Crippen LogP contribution in [0, 0.1) is 18.7 Å². The largest absolute Gasteiger partial charge is 0.507 e. The lowest BCUT2D eigenvalue weighted by atomic mass is 9.86. The number of amides is 1. The van der Waals surface area contributed by atoms with E-state index < -0.39 is 0 Å². The summed E-state index contributed by atoms with van der Waals surface area (Å²) >= 11 is 0. The number of likely N-dealkylation sites (tertiary alicyclic amines) is 1. The summed E-state index contributed by atoms with van der Waals surface area (Å²) in [5.41, 5.74) is 3.88. The van der Waals surface area contributed by atoms with Crippen molar-refractivity contribution in [2.45, 2.75) is 39.3 Å².